The maximum absolute atomic E-state index is 14.3. The summed E-state index contributed by atoms with van der Waals surface area (Å²) in [5.41, 5.74) is -1.47. The Hall–Kier alpha value is -3.80. The molecule has 2 aliphatic rings. The van der Waals surface area contributed by atoms with Crippen molar-refractivity contribution in [3.8, 4) is 0 Å². The number of nitrogens with zero attached hydrogens (tertiary/aromatic N) is 4. The molecule has 1 saturated heterocycles. The van der Waals surface area contributed by atoms with Gasteiger partial charge in [-0.15, -0.1) is 6.58 Å². The fraction of sp³-hybridized carbons (Fsp3) is 0.296. The number of likely N-dealkylation sites (N-methyl/N-ethyl adjacent to an activating group) is 1. The van der Waals surface area contributed by atoms with Crippen molar-refractivity contribution in [2.45, 2.75) is 10.4 Å². The van der Waals surface area contributed by atoms with Crippen molar-refractivity contribution in [2.75, 3.05) is 52.7 Å². The van der Waals surface area contributed by atoms with Gasteiger partial charge in [-0.25, -0.2) is 12.7 Å². The van der Waals surface area contributed by atoms with Gasteiger partial charge in [-0.1, -0.05) is 36.4 Å². The molecule has 2 heterocycles. The van der Waals surface area contributed by atoms with E-state index in [1.165, 1.54) is 54.2 Å². The van der Waals surface area contributed by atoms with Gasteiger partial charge < -0.3 is 19.8 Å². The van der Waals surface area contributed by atoms with E-state index in [1.807, 2.05) is 4.90 Å². The Morgan fingerprint density at radius 1 is 1.05 bits per heavy atom. The normalized spacial score (nSPS) is 20.7. The third kappa shape index (κ3) is 3.94. The lowest BCUT2D eigenvalue weighted by Gasteiger charge is -2.35. The quantitative estimate of drug-likeness (QED) is 0.235. The fourth-order valence-corrected chi connectivity index (χ4v) is 5.88. The number of fused-ring (bicyclic) bond motifs is 2. The minimum Gasteiger partial charge on any atom is -0.507 e. The average molecular weight is 539 g/mol. The highest BCUT2D eigenvalue weighted by Gasteiger charge is 2.66. The number of ketones is 1. The third-order valence-electron chi connectivity index (χ3n) is 6.78. The topological polar surface area (TPSA) is 119 Å². The van der Waals surface area contributed by atoms with Crippen LogP contribution in [0, 0.1) is 0 Å². The molecule has 200 valence electrons. The Kier molecular flexibility index (Phi) is 7.04. The molecule has 0 aromatic heterocycles. The van der Waals surface area contributed by atoms with Crippen LogP contribution in [-0.2, 0) is 29.9 Å². The molecule has 2 aliphatic heterocycles. The molecule has 0 saturated carbocycles. The van der Waals surface area contributed by atoms with E-state index in [0.717, 1.165) is 4.31 Å². The number of likely N-dealkylation sites (tertiary alicyclic amines) is 1. The molecule has 4 rings (SSSR count). The standard InChI is InChI=1S/C27H30N4O6S/c1-6-14-30-21-13-8-7-12-20(21)27(26(30)35)22(24(33)25(34)31(27)16-15-28(2)3)23(32)18-10-9-11-19(17-18)38(36,37)29(4)5/h6-13,17,32H,1,14-16H2,2-5H3/b23-22+. The summed E-state index contributed by atoms with van der Waals surface area (Å²) >= 11 is 0. The first-order valence-electron chi connectivity index (χ1n) is 11.9. The second-order valence-corrected chi connectivity index (χ2v) is 11.7. The Balaban J connectivity index is 2.05. The number of hydrogen-bond donors (Lipinski definition) is 1. The largest absolute Gasteiger partial charge is 0.507 e. The Labute approximate surface area is 222 Å². The number of Topliss-reactive ketones (excluding diaryl/α,β-unsaturated/α-hetero) is 1. The molecule has 2 aromatic carbocycles. The molecule has 0 aliphatic carbocycles. The Bertz CT molecular complexity index is 1480. The summed E-state index contributed by atoms with van der Waals surface area (Å²) in [5.74, 6) is -3.15. The summed E-state index contributed by atoms with van der Waals surface area (Å²) in [4.78, 5) is 45.7. The zero-order valence-electron chi connectivity index (χ0n) is 21.7. The van der Waals surface area contributed by atoms with Gasteiger partial charge in [0.1, 0.15) is 5.76 Å². The first-order valence-corrected chi connectivity index (χ1v) is 13.3. The van der Waals surface area contributed by atoms with Crippen molar-refractivity contribution in [1.82, 2.24) is 14.1 Å². The van der Waals surface area contributed by atoms with Crippen LogP contribution in [-0.4, -0.2) is 93.1 Å². The van der Waals surface area contributed by atoms with E-state index >= 15 is 0 Å². The van der Waals surface area contributed by atoms with Gasteiger partial charge in [0.15, 0.2) is 5.54 Å². The highest BCUT2D eigenvalue weighted by Crippen LogP contribution is 2.53. The van der Waals surface area contributed by atoms with Crippen LogP contribution in [0.4, 0.5) is 5.69 Å². The highest BCUT2D eigenvalue weighted by molar-refractivity contribution is 7.89. The smallest absolute Gasteiger partial charge is 0.296 e. The fourth-order valence-electron chi connectivity index (χ4n) is 4.94. The van der Waals surface area contributed by atoms with Gasteiger partial charge >= 0.3 is 0 Å². The summed E-state index contributed by atoms with van der Waals surface area (Å²) in [5, 5.41) is 11.6. The van der Waals surface area contributed by atoms with E-state index in [9.17, 15) is 27.9 Å². The van der Waals surface area contributed by atoms with Crippen molar-refractivity contribution < 1.29 is 27.9 Å². The van der Waals surface area contributed by atoms with Crippen molar-refractivity contribution >= 4 is 39.1 Å². The second-order valence-electron chi connectivity index (χ2n) is 9.56. The molecule has 1 unspecified atom stereocenters. The average Bonchev–Trinajstić information content (AvgIpc) is 3.25. The minimum atomic E-state index is -3.87. The Morgan fingerprint density at radius 3 is 2.37 bits per heavy atom. The number of hydrogen-bond acceptors (Lipinski definition) is 7. The van der Waals surface area contributed by atoms with Crippen molar-refractivity contribution in [3.05, 3.63) is 77.9 Å². The van der Waals surface area contributed by atoms with Gasteiger partial charge in [0.05, 0.1) is 16.2 Å². The molecule has 10 nitrogen and oxygen atoms in total. The maximum atomic E-state index is 14.3. The molecular weight excluding hydrogens is 508 g/mol. The van der Waals surface area contributed by atoms with E-state index in [0.29, 0.717) is 17.8 Å². The number of rotatable bonds is 8. The van der Waals surface area contributed by atoms with E-state index in [4.69, 9.17) is 0 Å². The second kappa shape index (κ2) is 9.82. The summed E-state index contributed by atoms with van der Waals surface area (Å²) in [6.45, 7) is 4.23. The van der Waals surface area contributed by atoms with Gasteiger partial charge in [0.25, 0.3) is 17.6 Å². The van der Waals surface area contributed by atoms with E-state index in [1.54, 1.807) is 38.4 Å². The molecule has 1 fully saturated rings. The predicted octanol–water partition coefficient (Wildman–Crippen LogP) is 1.61. The number of aliphatic hydroxyl groups excluding tert-OH is 1. The zero-order chi connectivity index (χ0) is 28.0. The number of aliphatic hydroxyl groups is 1. The first kappa shape index (κ1) is 27.2. The SMILES string of the molecule is C=CCN1C(=O)C2(/C(=C(/O)c3cccc(S(=O)(=O)N(C)C)c3)C(=O)C(=O)N2CCN(C)C)c2ccccc21. The molecule has 2 aromatic rings. The number of sulfonamides is 1. The predicted molar refractivity (Wildman–Crippen MR) is 143 cm³/mol. The van der Waals surface area contributed by atoms with Gasteiger partial charge in [-0.05, 0) is 32.3 Å². The van der Waals surface area contributed by atoms with Gasteiger partial charge in [-0.3, -0.25) is 14.4 Å². The molecule has 1 atom stereocenters. The van der Waals surface area contributed by atoms with Gasteiger partial charge in [0, 0.05) is 44.9 Å². The van der Waals surface area contributed by atoms with Crippen LogP contribution in [0.5, 0.6) is 0 Å². The summed E-state index contributed by atoms with van der Waals surface area (Å²) in [6, 6.07) is 12.2. The monoisotopic (exact) mass is 538 g/mol. The number of anilines is 1. The molecule has 1 spiro atoms. The van der Waals surface area contributed by atoms with Gasteiger partial charge in [-0.2, -0.15) is 0 Å². The number of para-hydroxylation sites is 1. The van der Waals surface area contributed by atoms with Crippen LogP contribution in [0.15, 0.2) is 71.7 Å². The molecule has 0 radical (unpaired) electrons. The van der Waals surface area contributed by atoms with Gasteiger partial charge in [0.2, 0.25) is 10.0 Å². The van der Waals surface area contributed by atoms with E-state index < -0.39 is 44.5 Å². The molecule has 0 bridgehead atoms. The van der Waals surface area contributed by atoms with Crippen molar-refractivity contribution in [2.24, 2.45) is 0 Å². The van der Waals surface area contributed by atoms with Crippen LogP contribution < -0.4 is 4.90 Å². The lowest BCUT2D eigenvalue weighted by atomic mass is 9.82. The number of carbonyl (C=O) groups is 3. The number of carbonyl (C=O) groups excluding carboxylic acids is 3. The van der Waals surface area contributed by atoms with Crippen LogP contribution in [0.2, 0.25) is 0 Å². The number of benzene rings is 2. The lowest BCUT2D eigenvalue weighted by molar-refractivity contribution is -0.143. The van der Waals surface area contributed by atoms with E-state index in [2.05, 4.69) is 6.58 Å². The summed E-state index contributed by atoms with van der Waals surface area (Å²) < 4.78 is 26.5. The zero-order valence-corrected chi connectivity index (χ0v) is 22.5. The van der Waals surface area contributed by atoms with Crippen LogP contribution >= 0.6 is 0 Å². The van der Waals surface area contributed by atoms with Crippen molar-refractivity contribution in [3.63, 3.8) is 0 Å². The Morgan fingerprint density at radius 2 is 1.74 bits per heavy atom. The molecule has 11 heteroatoms. The van der Waals surface area contributed by atoms with Crippen LogP contribution in [0.3, 0.4) is 0 Å². The minimum absolute atomic E-state index is 0.00892. The van der Waals surface area contributed by atoms with E-state index in [-0.39, 0.29) is 23.5 Å². The van der Waals surface area contributed by atoms with Crippen molar-refractivity contribution in [1.29, 1.82) is 0 Å². The summed E-state index contributed by atoms with van der Waals surface area (Å²) in [7, 11) is 2.48. The molecule has 1 N–H and O–H groups in total. The summed E-state index contributed by atoms with van der Waals surface area (Å²) in [6.07, 6.45) is 1.54. The molecule has 2 amide bonds. The van der Waals surface area contributed by atoms with Crippen LogP contribution in [0.1, 0.15) is 11.1 Å². The lowest BCUT2D eigenvalue weighted by Crippen LogP contribution is -2.53. The molecular formula is C27H30N4O6S. The first-order chi connectivity index (χ1) is 17.9. The maximum Gasteiger partial charge on any atom is 0.296 e. The highest BCUT2D eigenvalue weighted by atomic mass is 32.2. The molecule has 38 heavy (non-hydrogen) atoms. The third-order valence-corrected chi connectivity index (χ3v) is 8.59. The number of amides is 2. The van der Waals surface area contributed by atoms with Crippen LogP contribution in [0.25, 0.3) is 5.76 Å².